The average molecular weight is 343 g/mol. The van der Waals surface area contributed by atoms with E-state index in [2.05, 4.69) is 15.5 Å². The summed E-state index contributed by atoms with van der Waals surface area (Å²) in [5.74, 6) is -2.01. The number of amides is 1. The van der Waals surface area contributed by atoms with Crippen LogP contribution in [-0.2, 0) is 13.6 Å². The average Bonchev–Trinajstić information content (AvgIpc) is 3.16. The molecular weight excluding hydrogens is 329 g/mol. The predicted octanol–water partition coefficient (Wildman–Crippen LogP) is 1.75. The van der Waals surface area contributed by atoms with Gasteiger partial charge in [0, 0.05) is 24.9 Å². The van der Waals surface area contributed by atoms with Crippen molar-refractivity contribution in [1.82, 2.24) is 19.6 Å². The molecule has 3 rings (SSSR count). The van der Waals surface area contributed by atoms with E-state index in [0.29, 0.717) is 5.56 Å². The van der Waals surface area contributed by atoms with Crippen molar-refractivity contribution in [3.8, 4) is 0 Å². The molecule has 8 nitrogen and oxygen atoms in total. The summed E-state index contributed by atoms with van der Waals surface area (Å²) in [5.41, 5.74) is 0.172. The number of benzene rings is 1. The van der Waals surface area contributed by atoms with E-state index >= 15 is 0 Å². The van der Waals surface area contributed by atoms with Gasteiger partial charge < -0.3 is 10.4 Å². The van der Waals surface area contributed by atoms with Gasteiger partial charge in [-0.2, -0.15) is 10.2 Å². The van der Waals surface area contributed by atoms with Gasteiger partial charge in [0.25, 0.3) is 5.91 Å². The summed E-state index contributed by atoms with van der Waals surface area (Å²) in [6.45, 7) is 0.204. The molecular formula is C16H14FN5O3. The zero-order chi connectivity index (χ0) is 18.0. The lowest BCUT2D eigenvalue weighted by Gasteiger charge is -2.04. The minimum Gasteiger partial charge on any atom is -0.477 e. The molecule has 0 bridgehead atoms. The SMILES string of the molecule is Cn1ncc(C(=O)Nc2ccn(Cc3ccccc3F)n2)c1C(=O)O. The Bertz CT molecular complexity index is 947. The predicted molar refractivity (Wildman–Crippen MR) is 85.8 cm³/mol. The number of hydrogen-bond donors (Lipinski definition) is 2. The molecule has 9 heteroatoms. The molecule has 0 saturated heterocycles. The summed E-state index contributed by atoms with van der Waals surface area (Å²) in [4.78, 5) is 23.4. The van der Waals surface area contributed by atoms with E-state index in [1.165, 1.54) is 30.1 Å². The fourth-order valence-electron chi connectivity index (χ4n) is 2.36. The third-order valence-electron chi connectivity index (χ3n) is 3.56. The number of nitrogens with one attached hydrogen (secondary N) is 1. The number of halogens is 1. The first-order chi connectivity index (χ1) is 12.0. The second-order valence-electron chi connectivity index (χ2n) is 5.28. The number of aromatic carboxylic acids is 1. The highest BCUT2D eigenvalue weighted by Gasteiger charge is 2.22. The molecule has 0 fully saturated rings. The third-order valence-corrected chi connectivity index (χ3v) is 3.56. The monoisotopic (exact) mass is 343 g/mol. The second kappa shape index (κ2) is 6.56. The number of anilines is 1. The number of aromatic nitrogens is 4. The zero-order valence-corrected chi connectivity index (χ0v) is 13.2. The fraction of sp³-hybridized carbons (Fsp3) is 0.125. The summed E-state index contributed by atoms with van der Waals surface area (Å²) in [7, 11) is 1.43. The summed E-state index contributed by atoms with van der Waals surface area (Å²) in [6, 6.07) is 7.86. The topological polar surface area (TPSA) is 102 Å². The molecule has 2 N–H and O–H groups in total. The highest BCUT2D eigenvalue weighted by atomic mass is 19.1. The Morgan fingerprint density at radius 1 is 1.28 bits per heavy atom. The molecule has 0 unspecified atom stereocenters. The van der Waals surface area contributed by atoms with E-state index < -0.39 is 11.9 Å². The summed E-state index contributed by atoms with van der Waals surface area (Å²) < 4.78 is 16.2. The summed E-state index contributed by atoms with van der Waals surface area (Å²) >= 11 is 0. The lowest BCUT2D eigenvalue weighted by Crippen LogP contribution is -2.17. The first kappa shape index (κ1) is 16.4. The number of carboxylic acids is 1. The number of carboxylic acid groups (broad SMARTS) is 1. The van der Waals surface area contributed by atoms with Crippen molar-refractivity contribution in [2.75, 3.05) is 5.32 Å². The number of hydrogen-bond acceptors (Lipinski definition) is 4. The molecule has 0 aliphatic rings. The Morgan fingerprint density at radius 3 is 2.76 bits per heavy atom. The van der Waals surface area contributed by atoms with Crippen molar-refractivity contribution in [3.05, 3.63) is 65.4 Å². The van der Waals surface area contributed by atoms with Gasteiger partial charge in [-0.3, -0.25) is 14.2 Å². The van der Waals surface area contributed by atoms with E-state index in [-0.39, 0.29) is 29.4 Å². The van der Waals surface area contributed by atoms with Crippen LogP contribution in [0.5, 0.6) is 0 Å². The van der Waals surface area contributed by atoms with Crippen molar-refractivity contribution in [2.24, 2.45) is 7.05 Å². The van der Waals surface area contributed by atoms with E-state index in [4.69, 9.17) is 5.11 Å². The van der Waals surface area contributed by atoms with Gasteiger partial charge >= 0.3 is 5.97 Å². The van der Waals surface area contributed by atoms with Crippen LogP contribution in [0.3, 0.4) is 0 Å². The van der Waals surface area contributed by atoms with Crippen LogP contribution in [0.1, 0.15) is 26.4 Å². The van der Waals surface area contributed by atoms with Crippen LogP contribution in [0.25, 0.3) is 0 Å². The van der Waals surface area contributed by atoms with Crippen molar-refractivity contribution in [3.63, 3.8) is 0 Å². The van der Waals surface area contributed by atoms with Crippen molar-refractivity contribution in [1.29, 1.82) is 0 Å². The molecule has 0 saturated carbocycles. The van der Waals surface area contributed by atoms with Crippen LogP contribution >= 0.6 is 0 Å². The number of carbonyl (C=O) groups is 2. The zero-order valence-electron chi connectivity index (χ0n) is 13.2. The number of aryl methyl sites for hydroxylation is 1. The van der Waals surface area contributed by atoms with Crippen molar-refractivity contribution >= 4 is 17.7 Å². The maximum absolute atomic E-state index is 13.7. The molecule has 128 valence electrons. The first-order valence-electron chi connectivity index (χ1n) is 7.29. The Kier molecular flexibility index (Phi) is 4.29. The van der Waals surface area contributed by atoms with Gasteiger partial charge in [0.15, 0.2) is 11.5 Å². The Balaban J connectivity index is 1.75. The largest absolute Gasteiger partial charge is 0.477 e. The van der Waals surface area contributed by atoms with Crippen LogP contribution in [0, 0.1) is 5.82 Å². The molecule has 25 heavy (non-hydrogen) atoms. The Morgan fingerprint density at radius 2 is 2.04 bits per heavy atom. The number of nitrogens with zero attached hydrogens (tertiary/aromatic N) is 4. The second-order valence-corrected chi connectivity index (χ2v) is 5.28. The lowest BCUT2D eigenvalue weighted by atomic mass is 10.2. The van der Waals surface area contributed by atoms with E-state index in [1.54, 1.807) is 24.4 Å². The van der Waals surface area contributed by atoms with Crippen LogP contribution < -0.4 is 5.32 Å². The van der Waals surface area contributed by atoms with Gasteiger partial charge in [-0.05, 0) is 6.07 Å². The lowest BCUT2D eigenvalue weighted by molar-refractivity contribution is 0.0680. The normalized spacial score (nSPS) is 10.6. The summed E-state index contributed by atoms with van der Waals surface area (Å²) in [6.07, 6.45) is 2.76. The van der Waals surface area contributed by atoms with Crippen LogP contribution in [-0.4, -0.2) is 36.5 Å². The fourth-order valence-corrected chi connectivity index (χ4v) is 2.36. The molecule has 0 atom stereocenters. The molecule has 0 spiro atoms. The number of rotatable bonds is 5. The highest BCUT2D eigenvalue weighted by molar-refractivity contribution is 6.09. The minimum absolute atomic E-state index is 0.0707. The van der Waals surface area contributed by atoms with Gasteiger partial charge in [-0.25, -0.2) is 9.18 Å². The molecule has 0 radical (unpaired) electrons. The molecule has 3 aromatic rings. The smallest absolute Gasteiger partial charge is 0.354 e. The maximum atomic E-state index is 13.7. The Labute approximate surface area is 141 Å². The molecule has 2 aromatic heterocycles. The van der Waals surface area contributed by atoms with Gasteiger partial charge in [0.2, 0.25) is 0 Å². The Hall–Kier alpha value is -3.49. The highest BCUT2D eigenvalue weighted by Crippen LogP contribution is 2.13. The first-order valence-corrected chi connectivity index (χ1v) is 7.29. The van der Waals surface area contributed by atoms with Crippen molar-refractivity contribution < 1.29 is 19.1 Å². The molecule has 2 heterocycles. The number of carbonyl (C=O) groups excluding carboxylic acids is 1. The van der Waals surface area contributed by atoms with Crippen molar-refractivity contribution in [2.45, 2.75) is 6.54 Å². The van der Waals surface area contributed by atoms with Gasteiger partial charge in [-0.15, -0.1) is 0 Å². The van der Waals surface area contributed by atoms with Crippen LogP contribution in [0.15, 0.2) is 42.7 Å². The third kappa shape index (κ3) is 3.39. The molecule has 1 amide bonds. The van der Waals surface area contributed by atoms with Crippen LogP contribution in [0.2, 0.25) is 0 Å². The van der Waals surface area contributed by atoms with Gasteiger partial charge in [0.05, 0.1) is 18.3 Å². The van der Waals surface area contributed by atoms with Gasteiger partial charge in [0.1, 0.15) is 5.82 Å². The molecule has 1 aromatic carbocycles. The van der Waals surface area contributed by atoms with Crippen LogP contribution in [0.4, 0.5) is 10.2 Å². The minimum atomic E-state index is -1.25. The quantitative estimate of drug-likeness (QED) is 0.735. The summed E-state index contributed by atoms with van der Waals surface area (Å²) in [5, 5.41) is 19.6. The van der Waals surface area contributed by atoms with E-state index in [1.807, 2.05) is 0 Å². The standard InChI is InChI=1S/C16H14FN5O3/c1-21-14(16(24)25)11(8-18-21)15(23)19-13-6-7-22(20-13)9-10-4-2-3-5-12(10)17/h2-8H,9H2,1H3,(H,24,25)(H,19,20,23). The van der Waals surface area contributed by atoms with E-state index in [9.17, 15) is 14.0 Å². The molecule has 0 aliphatic carbocycles. The molecule has 0 aliphatic heterocycles. The maximum Gasteiger partial charge on any atom is 0.354 e. The van der Waals surface area contributed by atoms with E-state index in [0.717, 1.165) is 4.68 Å². The van der Waals surface area contributed by atoms with Gasteiger partial charge in [-0.1, -0.05) is 18.2 Å².